The highest BCUT2D eigenvalue weighted by Crippen LogP contribution is 2.20. The van der Waals surface area contributed by atoms with Gasteiger partial charge in [0.25, 0.3) is 0 Å². The summed E-state index contributed by atoms with van der Waals surface area (Å²) in [6.45, 7) is 3.13. The van der Waals surface area contributed by atoms with Gasteiger partial charge < -0.3 is 0 Å². The number of alkyl halides is 3. The van der Waals surface area contributed by atoms with Gasteiger partial charge >= 0.3 is 15.6 Å². The van der Waals surface area contributed by atoms with Crippen LogP contribution in [-0.2, 0) is 10.1 Å². The van der Waals surface area contributed by atoms with Crippen LogP contribution in [0, 0.1) is 0 Å². The fraction of sp³-hybridized carbons (Fsp3) is 0.333. The first-order valence-electron chi connectivity index (χ1n) is 1.91. The second-order valence-corrected chi connectivity index (χ2v) is 2.80. The average Bonchev–Trinajstić information content (AvgIpc) is 1.60. The van der Waals surface area contributed by atoms with Gasteiger partial charge in [-0.15, -0.1) is 0 Å². The summed E-state index contributed by atoms with van der Waals surface area (Å²) >= 11 is 4.76. The van der Waals surface area contributed by atoms with E-state index in [-0.39, 0.29) is 0 Å². The Bertz CT molecular complexity index is 206. The molecule has 0 aliphatic carbocycles. The van der Waals surface area contributed by atoms with Gasteiger partial charge in [0.05, 0.1) is 0 Å². The van der Waals surface area contributed by atoms with E-state index >= 15 is 0 Å². The third-order valence-electron chi connectivity index (χ3n) is 0.292. The standard InChI is InChI=1S/C2H3Cl.CHF3O3S/c1-2-3;2-1(3,4)8(5,6)7/h2H,1H2;(H,5,6,7). The fourth-order valence-corrected chi connectivity index (χ4v) is 0. The average molecular weight is 213 g/mol. The molecule has 0 aliphatic rings. The number of hydrogen-bond acceptors (Lipinski definition) is 2. The molecular formula is C3H4ClF3O3S. The Hall–Kier alpha value is -0.270. The summed E-state index contributed by atoms with van der Waals surface area (Å²) in [5, 5.41) is 0. The molecule has 0 radical (unpaired) electrons. The summed E-state index contributed by atoms with van der Waals surface area (Å²) in [7, 11) is -5.84. The summed E-state index contributed by atoms with van der Waals surface area (Å²) in [5.41, 5.74) is -4.31. The summed E-state index contributed by atoms with van der Waals surface area (Å²) in [6, 6.07) is 0. The van der Waals surface area contributed by atoms with Gasteiger partial charge in [-0.25, -0.2) is 0 Å². The fourth-order valence-electron chi connectivity index (χ4n) is 0. The summed E-state index contributed by atoms with van der Waals surface area (Å²) in [6.07, 6.45) is 0. The molecule has 0 aliphatic heterocycles. The van der Waals surface area contributed by atoms with E-state index < -0.39 is 15.6 Å². The van der Waals surface area contributed by atoms with Crippen LogP contribution in [-0.4, -0.2) is 18.5 Å². The van der Waals surface area contributed by atoms with Crippen molar-refractivity contribution in [2.75, 3.05) is 0 Å². The van der Waals surface area contributed by atoms with E-state index in [0.29, 0.717) is 0 Å². The van der Waals surface area contributed by atoms with Gasteiger partial charge in [-0.05, 0) is 5.54 Å². The van der Waals surface area contributed by atoms with Crippen LogP contribution < -0.4 is 0 Å². The molecule has 0 heterocycles. The van der Waals surface area contributed by atoms with Crippen LogP contribution in [0.15, 0.2) is 12.1 Å². The minimum atomic E-state index is -5.84. The molecule has 0 saturated carbocycles. The van der Waals surface area contributed by atoms with E-state index in [4.69, 9.17) is 24.6 Å². The highest BCUT2D eigenvalue weighted by Gasteiger charge is 2.44. The second kappa shape index (κ2) is 4.58. The zero-order valence-corrected chi connectivity index (χ0v) is 6.54. The lowest BCUT2D eigenvalue weighted by molar-refractivity contribution is -0.0510. The summed E-state index contributed by atoms with van der Waals surface area (Å²) < 4.78 is 57.5. The molecule has 0 unspecified atom stereocenters. The molecule has 0 amide bonds. The smallest absolute Gasteiger partial charge is 0.279 e. The largest absolute Gasteiger partial charge is 0.522 e. The zero-order chi connectivity index (χ0) is 9.71. The van der Waals surface area contributed by atoms with E-state index in [9.17, 15) is 13.2 Å². The lowest BCUT2D eigenvalue weighted by Gasteiger charge is -1.97. The number of hydrogen-bond donors (Lipinski definition) is 1. The molecule has 0 bridgehead atoms. The van der Waals surface area contributed by atoms with Crippen molar-refractivity contribution in [3.05, 3.63) is 12.1 Å². The molecule has 1 N–H and O–H groups in total. The van der Waals surface area contributed by atoms with Crippen LogP contribution in [0.2, 0.25) is 0 Å². The molecule has 0 aromatic carbocycles. The van der Waals surface area contributed by atoms with Gasteiger partial charge in [-0.1, -0.05) is 18.2 Å². The van der Waals surface area contributed by atoms with Crippen molar-refractivity contribution in [1.82, 2.24) is 0 Å². The monoisotopic (exact) mass is 212 g/mol. The van der Waals surface area contributed by atoms with Crippen molar-refractivity contribution < 1.29 is 26.1 Å². The molecule has 0 aromatic rings. The van der Waals surface area contributed by atoms with Crippen molar-refractivity contribution in [3.8, 4) is 0 Å². The minimum Gasteiger partial charge on any atom is -0.279 e. The maximum absolute atomic E-state index is 10.7. The number of halogens is 4. The molecule has 3 nitrogen and oxygen atoms in total. The summed E-state index contributed by atoms with van der Waals surface area (Å²) in [5.74, 6) is 0. The Labute approximate surface area is 66.2 Å². The highest BCUT2D eigenvalue weighted by molar-refractivity contribution is 7.86. The van der Waals surface area contributed by atoms with Gasteiger partial charge in [0.1, 0.15) is 0 Å². The summed E-state index contributed by atoms with van der Waals surface area (Å²) in [4.78, 5) is 0. The van der Waals surface area contributed by atoms with Crippen LogP contribution in [0.4, 0.5) is 13.2 Å². The van der Waals surface area contributed by atoms with Crippen molar-refractivity contribution in [3.63, 3.8) is 0 Å². The lowest BCUT2D eigenvalue weighted by Crippen LogP contribution is -2.21. The van der Waals surface area contributed by atoms with Crippen LogP contribution in [0.3, 0.4) is 0 Å². The van der Waals surface area contributed by atoms with Gasteiger partial charge in [0, 0.05) is 0 Å². The highest BCUT2D eigenvalue weighted by atomic mass is 35.5. The number of rotatable bonds is 0. The predicted octanol–water partition coefficient (Wildman–Crippen LogP) is 1.76. The van der Waals surface area contributed by atoms with Crippen molar-refractivity contribution in [2.24, 2.45) is 0 Å². The maximum Gasteiger partial charge on any atom is 0.522 e. The third-order valence-corrected chi connectivity index (χ3v) is 0.877. The normalized spacial score (nSPS) is 11.4. The Kier molecular flexibility index (Phi) is 5.54. The quantitative estimate of drug-likeness (QED) is 0.492. The van der Waals surface area contributed by atoms with Gasteiger partial charge in [-0.2, -0.15) is 21.6 Å². The minimum absolute atomic E-state index is 1.22. The first-order valence-corrected chi connectivity index (χ1v) is 3.79. The van der Waals surface area contributed by atoms with E-state index in [1.54, 1.807) is 0 Å². The molecule has 0 atom stereocenters. The first-order chi connectivity index (χ1) is 4.66. The van der Waals surface area contributed by atoms with Crippen molar-refractivity contribution >= 4 is 21.7 Å². The third kappa shape index (κ3) is 7.63. The second-order valence-electron chi connectivity index (χ2n) is 1.08. The Morgan fingerprint density at radius 1 is 1.45 bits per heavy atom. The van der Waals surface area contributed by atoms with E-state index in [1.165, 1.54) is 5.54 Å². The molecule has 0 fully saturated rings. The molecule has 0 spiro atoms. The molecule has 8 heteroatoms. The van der Waals surface area contributed by atoms with E-state index in [1.807, 2.05) is 0 Å². The van der Waals surface area contributed by atoms with Crippen LogP contribution in [0.1, 0.15) is 0 Å². The molecule has 0 aromatic heterocycles. The zero-order valence-electron chi connectivity index (χ0n) is 4.97. The van der Waals surface area contributed by atoms with Crippen molar-refractivity contribution in [1.29, 1.82) is 0 Å². The van der Waals surface area contributed by atoms with Crippen LogP contribution >= 0.6 is 11.6 Å². The molecular weight excluding hydrogens is 209 g/mol. The van der Waals surface area contributed by atoms with Gasteiger partial charge in [0.15, 0.2) is 0 Å². The first kappa shape index (κ1) is 13.3. The molecule has 0 saturated heterocycles. The Balaban J connectivity index is 0. The SMILES string of the molecule is C=CCl.O=S(=O)(O)C(F)(F)F. The lowest BCUT2D eigenvalue weighted by atomic mass is 11.3. The molecule has 0 rings (SSSR count). The Morgan fingerprint density at radius 3 is 1.55 bits per heavy atom. The van der Waals surface area contributed by atoms with E-state index in [0.717, 1.165) is 0 Å². The predicted molar refractivity (Wildman–Crippen MR) is 33.7 cm³/mol. The maximum atomic E-state index is 10.7. The van der Waals surface area contributed by atoms with Crippen LogP contribution in [0.25, 0.3) is 0 Å². The molecule has 11 heavy (non-hydrogen) atoms. The van der Waals surface area contributed by atoms with E-state index in [2.05, 4.69) is 6.58 Å². The van der Waals surface area contributed by atoms with Gasteiger partial charge in [-0.3, -0.25) is 4.55 Å². The van der Waals surface area contributed by atoms with Crippen LogP contribution in [0.5, 0.6) is 0 Å². The Morgan fingerprint density at radius 2 is 1.55 bits per heavy atom. The van der Waals surface area contributed by atoms with Crippen molar-refractivity contribution in [2.45, 2.75) is 5.51 Å². The molecule has 68 valence electrons. The topological polar surface area (TPSA) is 54.4 Å². The van der Waals surface area contributed by atoms with Gasteiger partial charge in [0.2, 0.25) is 0 Å².